The summed E-state index contributed by atoms with van der Waals surface area (Å²) in [6.45, 7) is 7.65. The lowest BCUT2D eigenvalue weighted by Crippen LogP contribution is -2.39. The monoisotopic (exact) mass is 170 g/mol. The zero-order valence-corrected chi connectivity index (χ0v) is 8.13. The van der Waals surface area contributed by atoms with Gasteiger partial charge in [0.15, 0.2) is 0 Å². The van der Waals surface area contributed by atoms with Crippen LogP contribution >= 0.6 is 0 Å². The number of amides is 1. The molecule has 0 aliphatic carbocycles. The fraction of sp³-hybridized carbons (Fsp3) is 0.889. The third-order valence-electron chi connectivity index (χ3n) is 2.42. The van der Waals surface area contributed by atoms with Gasteiger partial charge in [-0.2, -0.15) is 0 Å². The highest BCUT2D eigenvalue weighted by atomic mass is 16.2. The molecule has 1 fully saturated rings. The summed E-state index contributed by atoms with van der Waals surface area (Å²) in [5.74, 6) is 0.248. The fourth-order valence-electron chi connectivity index (χ4n) is 1.65. The number of carbonyl (C=O) groups excluding carboxylic acids is 1. The van der Waals surface area contributed by atoms with E-state index in [1.165, 1.54) is 0 Å². The minimum absolute atomic E-state index is 0.139. The van der Waals surface area contributed by atoms with Crippen molar-refractivity contribution < 1.29 is 4.79 Å². The van der Waals surface area contributed by atoms with Crippen molar-refractivity contribution in [2.24, 2.45) is 11.1 Å². The first-order chi connectivity index (χ1) is 5.46. The lowest BCUT2D eigenvalue weighted by atomic mass is 9.93. The van der Waals surface area contributed by atoms with Crippen molar-refractivity contribution in [3.63, 3.8) is 0 Å². The number of rotatable bonds is 2. The summed E-state index contributed by atoms with van der Waals surface area (Å²) in [4.78, 5) is 13.3. The molecule has 0 saturated carbocycles. The molecule has 1 rings (SSSR count). The summed E-state index contributed by atoms with van der Waals surface area (Å²) in [5.41, 5.74) is 5.65. The molecular weight excluding hydrogens is 152 g/mol. The zero-order valence-electron chi connectivity index (χ0n) is 8.13. The molecule has 0 bridgehead atoms. The van der Waals surface area contributed by atoms with Crippen molar-refractivity contribution in [1.29, 1.82) is 0 Å². The van der Waals surface area contributed by atoms with Gasteiger partial charge in [0.25, 0.3) is 0 Å². The van der Waals surface area contributed by atoms with Crippen LogP contribution in [0.5, 0.6) is 0 Å². The number of hydrogen-bond acceptors (Lipinski definition) is 2. The Hall–Kier alpha value is -0.570. The van der Waals surface area contributed by atoms with Crippen LogP contribution in [0.1, 0.15) is 27.2 Å². The number of nitrogens with zero attached hydrogens (tertiary/aromatic N) is 1. The molecule has 1 amide bonds. The quantitative estimate of drug-likeness (QED) is 0.659. The maximum atomic E-state index is 11.5. The van der Waals surface area contributed by atoms with Gasteiger partial charge in [-0.15, -0.1) is 0 Å². The van der Waals surface area contributed by atoms with Gasteiger partial charge in [0.05, 0.1) is 0 Å². The summed E-state index contributed by atoms with van der Waals surface area (Å²) in [7, 11) is 0. The first kappa shape index (κ1) is 9.52. The van der Waals surface area contributed by atoms with E-state index in [-0.39, 0.29) is 17.4 Å². The fourth-order valence-corrected chi connectivity index (χ4v) is 1.65. The summed E-state index contributed by atoms with van der Waals surface area (Å²) >= 11 is 0. The molecule has 1 heterocycles. The molecule has 70 valence electrons. The molecule has 1 aliphatic rings. The Morgan fingerprint density at radius 3 is 2.58 bits per heavy atom. The number of hydrogen-bond donors (Lipinski definition) is 1. The molecule has 1 atom stereocenters. The zero-order chi connectivity index (χ0) is 9.35. The van der Waals surface area contributed by atoms with Crippen molar-refractivity contribution in [1.82, 2.24) is 4.90 Å². The summed E-state index contributed by atoms with van der Waals surface area (Å²) in [5, 5.41) is 0. The topological polar surface area (TPSA) is 46.3 Å². The molecule has 2 N–H and O–H groups in total. The van der Waals surface area contributed by atoms with Crippen LogP contribution < -0.4 is 5.73 Å². The van der Waals surface area contributed by atoms with Gasteiger partial charge < -0.3 is 10.6 Å². The molecule has 0 aromatic carbocycles. The Kier molecular flexibility index (Phi) is 2.42. The SMILES string of the molecule is CC(CN)N1CC(C)(C)CC1=O. The van der Waals surface area contributed by atoms with Crippen LogP contribution in [-0.4, -0.2) is 29.9 Å². The molecule has 0 radical (unpaired) electrons. The molecule has 1 aliphatic heterocycles. The predicted octanol–water partition coefficient (Wildman–Crippen LogP) is 0.592. The van der Waals surface area contributed by atoms with Crippen LogP contribution in [0.25, 0.3) is 0 Å². The molecule has 0 aromatic rings. The highest BCUT2D eigenvalue weighted by Crippen LogP contribution is 2.30. The van der Waals surface area contributed by atoms with E-state index in [1.54, 1.807) is 0 Å². The average molecular weight is 170 g/mol. The van der Waals surface area contributed by atoms with Gasteiger partial charge in [0, 0.05) is 25.6 Å². The van der Waals surface area contributed by atoms with Crippen molar-refractivity contribution in [2.45, 2.75) is 33.2 Å². The van der Waals surface area contributed by atoms with E-state index >= 15 is 0 Å². The number of nitrogens with two attached hydrogens (primary N) is 1. The van der Waals surface area contributed by atoms with Gasteiger partial charge in [-0.1, -0.05) is 13.8 Å². The van der Waals surface area contributed by atoms with Crippen LogP contribution in [0, 0.1) is 5.41 Å². The smallest absolute Gasteiger partial charge is 0.223 e. The molecule has 12 heavy (non-hydrogen) atoms. The molecule has 0 aromatic heterocycles. The van der Waals surface area contributed by atoms with Crippen molar-refractivity contribution in [3.8, 4) is 0 Å². The van der Waals surface area contributed by atoms with Crippen LogP contribution in [0.3, 0.4) is 0 Å². The Balaban J connectivity index is 2.64. The molecule has 1 saturated heterocycles. The van der Waals surface area contributed by atoms with E-state index < -0.39 is 0 Å². The van der Waals surface area contributed by atoms with Crippen LogP contribution in [0.2, 0.25) is 0 Å². The van der Waals surface area contributed by atoms with E-state index in [2.05, 4.69) is 13.8 Å². The Labute approximate surface area is 73.9 Å². The Bertz CT molecular complexity index is 189. The normalized spacial score (nSPS) is 24.7. The van der Waals surface area contributed by atoms with Gasteiger partial charge in [-0.05, 0) is 12.3 Å². The Morgan fingerprint density at radius 1 is 1.67 bits per heavy atom. The average Bonchev–Trinajstić information content (AvgIpc) is 2.23. The first-order valence-corrected chi connectivity index (χ1v) is 4.46. The van der Waals surface area contributed by atoms with Crippen molar-refractivity contribution in [2.75, 3.05) is 13.1 Å². The molecule has 0 spiro atoms. The summed E-state index contributed by atoms with van der Waals surface area (Å²) in [6, 6.07) is 0.194. The maximum absolute atomic E-state index is 11.5. The molecule has 3 heteroatoms. The lowest BCUT2D eigenvalue weighted by Gasteiger charge is -2.25. The van der Waals surface area contributed by atoms with Crippen LogP contribution in [0.15, 0.2) is 0 Å². The third kappa shape index (κ3) is 1.78. The van der Waals surface area contributed by atoms with Crippen LogP contribution in [-0.2, 0) is 4.79 Å². The highest BCUT2D eigenvalue weighted by molar-refractivity contribution is 5.79. The van der Waals surface area contributed by atoms with Crippen molar-refractivity contribution in [3.05, 3.63) is 0 Å². The third-order valence-corrected chi connectivity index (χ3v) is 2.42. The minimum atomic E-state index is 0.139. The van der Waals surface area contributed by atoms with E-state index in [1.807, 2.05) is 11.8 Å². The van der Waals surface area contributed by atoms with E-state index in [0.717, 1.165) is 6.54 Å². The Morgan fingerprint density at radius 2 is 2.25 bits per heavy atom. The van der Waals surface area contributed by atoms with Gasteiger partial charge in [-0.3, -0.25) is 4.79 Å². The number of likely N-dealkylation sites (tertiary alicyclic amines) is 1. The first-order valence-electron chi connectivity index (χ1n) is 4.46. The van der Waals surface area contributed by atoms with E-state index in [9.17, 15) is 4.79 Å². The summed E-state index contributed by atoms with van der Waals surface area (Å²) in [6.07, 6.45) is 0.664. The van der Waals surface area contributed by atoms with Gasteiger partial charge >= 0.3 is 0 Å². The van der Waals surface area contributed by atoms with Gasteiger partial charge in [0.2, 0.25) is 5.91 Å². The highest BCUT2D eigenvalue weighted by Gasteiger charge is 2.37. The molecule has 3 nitrogen and oxygen atoms in total. The second-order valence-electron chi connectivity index (χ2n) is 4.45. The predicted molar refractivity (Wildman–Crippen MR) is 48.6 cm³/mol. The van der Waals surface area contributed by atoms with Gasteiger partial charge in [0.1, 0.15) is 0 Å². The van der Waals surface area contributed by atoms with Crippen molar-refractivity contribution >= 4 is 5.91 Å². The van der Waals surface area contributed by atoms with Gasteiger partial charge in [-0.25, -0.2) is 0 Å². The molecular formula is C9H18N2O. The largest absolute Gasteiger partial charge is 0.338 e. The minimum Gasteiger partial charge on any atom is -0.338 e. The number of carbonyl (C=O) groups is 1. The van der Waals surface area contributed by atoms with Crippen LogP contribution in [0.4, 0.5) is 0 Å². The maximum Gasteiger partial charge on any atom is 0.223 e. The second-order valence-corrected chi connectivity index (χ2v) is 4.45. The molecule has 1 unspecified atom stereocenters. The second kappa shape index (κ2) is 3.05. The van der Waals surface area contributed by atoms with E-state index in [0.29, 0.717) is 13.0 Å². The lowest BCUT2D eigenvalue weighted by molar-refractivity contribution is -0.129. The summed E-state index contributed by atoms with van der Waals surface area (Å²) < 4.78 is 0. The van der Waals surface area contributed by atoms with E-state index in [4.69, 9.17) is 5.73 Å². The standard InChI is InChI=1S/C9H18N2O/c1-7(5-10)11-6-9(2,3)4-8(11)12/h7H,4-6,10H2,1-3H3.